The van der Waals surface area contributed by atoms with Crippen LogP contribution in [0.4, 0.5) is 13.2 Å². The van der Waals surface area contributed by atoms with Gasteiger partial charge in [0.1, 0.15) is 0 Å². The fourth-order valence-corrected chi connectivity index (χ4v) is 13.6. The molecule has 0 N–H and O–H groups in total. The molecule has 0 radical (unpaired) electrons. The molecule has 0 bridgehead atoms. The number of allylic oxidation sites excluding steroid dienone is 3. The highest BCUT2D eigenvalue weighted by atomic mass is 32.2. The molecule has 0 saturated carbocycles. The summed E-state index contributed by atoms with van der Waals surface area (Å²) in [6.07, 6.45) is -0.390. The van der Waals surface area contributed by atoms with Gasteiger partial charge in [0.2, 0.25) is 0 Å². The van der Waals surface area contributed by atoms with E-state index in [-0.39, 0.29) is 15.6 Å². The highest BCUT2D eigenvalue weighted by molar-refractivity contribution is 8.22. The van der Waals surface area contributed by atoms with Crippen molar-refractivity contribution >= 4 is 51.4 Å². The van der Waals surface area contributed by atoms with Gasteiger partial charge in [-0.15, -0.1) is 35.3 Å². The Hall–Kier alpha value is 0.494. The number of thioether (sulfide) groups is 3. The van der Waals surface area contributed by atoms with Crippen LogP contribution in [-0.2, 0) is 0 Å². The van der Waals surface area contributed by atoms with Crippen LogP contribution in [0.25, 0.3) is 0 Å². The zero-order chi connectivity index (χ0) is 25.3. The van der Waals surface area contributed by atoms with Crippen LogP contribution in [0.2, 0.25) is 36.3 Å². The normalized spacial score (nSPS) is 17.2. The first-order valence-corrected chi connectivity index (χ1v) is 20.2. The molecule has 186 valence electrons. The molecule has 1 heterocycles. The summed E-state index contributed by atoms with van der Waals surface area (Å²) in [5.41, 5.74) is -0.357. The summed E-state index contributed by atoms with van der Waals surface area (Å²) < 4.78 is 46.6. The zero-order valence-electron chi connectivity index (χ0n) is 22.0. The van der Waals surface area contributed by atoms with Crippen molar-refractivity contribution in [3.63, 3.8) is 0 Å². The van der Waals surface area contributed by atoms with Gasteiger partial charge in [-0.05, 0) is 30.6 Å². The lowest BCUT2D eigenvalue weighted by molar-refractivity contribution is -0.0956. The van der Waals surface area contributed by atoms with Crippen molar-refractivity contribution < 1.29 is 13.2 Å². The van der Waals surface area contributed by atoms with Crippen molar-refractivity contribution in [2.45, 2.75) is 97.8 Å². The summed E-state index contributed by atoms with van der Waals surface area (Å²) in [6.45, 7) is 26.6. The standard InChI is InChI=1S/C24H43F3S3Si2/c1-13-28-21(29-14-2)20(24(25,26)27)17-15-18(31(9,10)22(3,4)5)30-19(16-17)32(11,12)23(6,7)8/h15-17H,13-14H2,1-12H3. The van der Waals surface area contributed by atoms with E-state index in [2.05, 4.69) is 67.7 Å². The van der Waals surface area contributed by atoms with Gasteiger partial charge in [0, 0.05) is 10.2 Å². The Balaban J connectivity index is 3.91. The number of rotatable bonds is 7. The first-order valence-electron chi connectivity index (χ1n) is 11.4. The minimum Gasteiger partial charge on any atom is -0.166 e. The van der Waals surface area contributed by atoms with Gasteiger partial charge in [0.15, 0.2) is 0 Å². The number of hydrogen-bond acceptors (Lipinski definition) is 3. The second-order valence-electron chi connectivity index (χ2n) is 11.5. The Kier molecular flexibility index (Phi) is 10.1. The number of hydrogen-bond donors (Lipinski definition) is 0. The fraction of sp³-hybridized carbons (Fsp3) is 0.750. The van der Waals surface area contributed by atoms with Gasteiger partial charge >= 0.3 is 6.18 Å². The van der Waals surface area contributed by atoms with Crippen LogP contribution >= 0.6 is 35.3 Å². The van der Waals surface area contributed by atoms with Crippen LogP contribution < -0.4 is 0 Å². The Morgan fingerprint density at radius 3 is 1.41 bits per heavy atom. The van der Waals surface area contributed by atoms with E-state index in [4.69, 9.17) is 0 Å². The summed E-state index contributed by atoms with van der Waals surface area (Å²) >= 11 is 4.49. The highest BCUT2D eigenvalue weighted by Crippen LogP contribution is 2.56. The van der Waals surface area contributed by atoms with E-state index in [1.165, 1.54) is 32.6 Å². The molecule has 0 spiro atoms. The number of alkyl halides is 3. The smallest absolute Gasteiger partial charge is 0.166 e. The summed E-state index contributed by atoms with van der Waals surface area (Å²) in [5.74, 6) is 0.569. The average Bonchev–Trinajstić information content (AvgIpc) is 2.58. The molecule has 1 aliphatic rings. The van der Waals surface area contributed by atoms with E-state index in [9.17, 15) is 13.2 Å². The Bertz CT molecular complexity index is 715. The summed E-state index contributed by atoms with van der Waals surface area (Å²) in [5, 5.41) is 0.126. The third-order valence-corrected chi connectivity index (χ3v) is 24.2. The molecule has 8 heteroatoms. The van der Waals surface area contributed by atoms with E-state index in [0.717, 1.165) is 0 Å². The second-order valence-corrected chi connectivity index (χ2v) is 26.7. The maximum Gasteiger partial charge on any atom is 0.415 e. The molecule has 0 aromatic carbocycles. The lowest BCUT2D eigenvalue weighted by atomic mass is 10.00. The number of halogens is 3. The van der Waals surface area contributed by atoms with Gasteiger partial charge in [-0.1, -0.05) is 93.7 Å². The second kappa shape index (κ2) is 10.6. The minimum absolute atomic E-state index is 0.0630. The lowest BCUT2D eigenvalue weighted by Gasteiger charge is -2.45. The third kappa shape index (κ3) is 6.79. The monoisotopic (exact) mass is 540 g/mol. The highest BCUT2D eigenvalue weighted by Gasteiger charge is 2.48. The molecule has 0 nitrogen and oxygen atoms in total. The van der Waals surface area contributed by atoms with Crippen LogP contribution in [0.5, 0.6) is 0 Å². The largest absolute Gasteiger partial charge is 0.415 e. The molecule has 0 amide bonds. The van der Waals surface area contributed by atoms with Crippen LogP contribution in [-0.4, -0.2) is 33.8 Å². The van der Waals surface area contributed by atoms with Gasteiger partial charge in [-0.2, -0.15) is 13.2 Å². The van der Waals surface area contributed by atoms with E-state index in [0.29, 0.717) is 15.7 Å². The van der Waals surface area contributed by atoms with Crippen LogP contribution in [0.1, 0.15) is 55.4 Å². The van der Waals surface area contributed by atoms with Gasteiger partial charge in [-0.3, -0.25) is 0 Å². The predicted octanol–water partition coefficient (Wildman–Crippen LogP) is 10.5. The molecule has 0 aromatic heterocycles. The van der Waals surface area contributed by atoms with Gasteiger partial charge in [0.25, 0.3) is 0 Å². The van der Waals surface area contributed by atoms with Gasteiger partial charge < -0.3 is 0 Å². The molecule has 0 aromatic rings. The predicted molar refractivity (Wildman–Crippen MR) is 151 cm³/mol. The molecule has 1 aliphatic heterocycles. The van der Waals surface area contributed by atoms with Crippen molar-refractivity contribution in [1.82, 2.24) is 0 Å². The van der Waals surface area contributed by atoms with Gasteiger partial charge in [0.05, 0.1) is 21.7 Å². The maximum absolute atomic E-state index is 14.6. The average molecular weight is 541 g/mol. The lowest BCUT2D eigenvalue weighted by Crippen LogP contribution is -2.43. The SMILES string of the molecule is CCSC(SCC)=C(C1C=C([Si](C)(C)C(C)(C)C)SC([Si](C)(C)C(C)(C)C)=C1)C(F)(F)F. The Morgan fingerprint density at radius 2 is 1.16 bits per heavy atom. The summed E-state index contributed by atoms with van der Waals surface area (Å²) in [7, 11) is -4.00. The van der Waals surface area contributed by atoms with E-state index >= 15 is 0 Å². The van der Waals surface area contributed by atoms with Crippen molar-refractivity contribution in [2.24, 2.45) is 5.92 Å². The van der Waals surface area contributed by atoms with Crippen molar-refractivity contribution in [3.8, 4) is 0 Å². The van der Waals surface area contributed by atoms with E-state index in [1.807, 2.05) is 37.8 Å². The molecular formula is C24H43F3S3Si2. The quantitative estimate of drug-likeness (QED) is 0.295. The molecular weight excluding hydrogens is 498 g/mol. The Morgan fingerprint density at radius 1 is 0.812 bits per heavy atom. The maximum atomic E-state index is 14.6. The van der Waals surface area contributed by atoms with Crippen molar-refractivity contribution in [2.75, 3.05) is 11.5 Å². The third-order valence-electron chi connectivity index (χ3n) is 7.27. The van der Waals surface area contributed by atoms with E-state index in [1.54, 1.807) is 0 Å². The molecule has 0 fully saturated rings. The Labute approximate surface area is 210 Å². The van der Waals surface area contributed by atoms with Crippen molar-refractivity contribution in [1.29, 1.82) is 0 Å². The van der Waals surface area contributed by atoms with Crippen molar-refractivity contribution in [3.05, 3.63) is 31.0 Å². The van der Waals surface area contributed by atoms with Crippen LogP contribution in [0.15, 0.2) is 31.0 Å². The minimum atomic E-state index is -4.35. The summed E-state index contributed by atoms with van der Waals surface area (Å²) in [4.78, 5) is 0. The first kappa shape index (κ1) is 30.5. The molecule has 1 rings (SSSR count). The molecule has 0 unspecified atom stereocenters. The summed E-state index contributed by atoms with van der Waals surface area (Å²) in [6, 6.07) is 0. The topological polar surface area (TPSA) is 0 Å². The fourth-order valence-electron chi connectivity index (χ4n) is 3.04. The van der Waals surface area contributed by atoms with Crippen LogP contribution in [0.3, 0.4) is 0 Å². The van der Waals surface area contributed by atoms with E-state index < -0.39 is 28.2 Å². The van der Waals surface area contributed by atoms with Gasteiger partial charge in [-0.25, -0.2) is 0 Å². The first-order chi connectivity index (χ1) is 14.2. The molecule has 0 aliphatic carbocycles. The zero-order valence-corrected chi connectivity index (χ0v) is 26.5. The van der Waals surface area contributed by atoms with Crippen LogP contribution in [0, 0.1) is 5.92 Å². The molecule has 0 saturated heterocycles. The molecule has 0 atom stereocenters. The molecule has 32 heavy (non-hydrogen) atoms.